The molecule has 0 amide bonds. The summed E-state index contributed by atoms with van der Waals surface area (Å²) in [6, 6.07) is 8.15. The van der Waals surface area contributed by atoms with Crippen LogP contribution in [0.3, 0.4) is 0 Å². The highest BCUT2D eigenvalue weighted by Gasteiger charge is 2.21. The van der Waals surface area contributed by atoms with Gasteiger partial charge in [-0.1, -0.05) is 12.1 Å². The molecule has 13 heavy (non-hydrogen) atoms. The molecule has 4 nitrogen and oxygen atoms in total. The summed E-state index contributed by atoms with van der Waals surface area (Å²) in [6.45, 7) is 0. The van der Waals surface area contributed by atoms with E-state index in [9.17, 15) is 0 Å². The summed E-state index contributed by atoms with van der Waals surface area (Å²) in [4.78, 5) is 0. The highest BCUT2D eigenvalue weighted by molar-refractivity contribution is 5.40. The van der Waals surface area contributed by atoms with Crippen molar-refractivity contribution in [2.24, 2.45) is 5.73 Å². The summed E-state index contributed by atoms with van der Waals surface area (Å²) in [5, 5.41) is 0. The van der Waals surface area contributed by atoms with Crippen LogP contribution in [-0.2, 0) is 0 Å². The van der Waals surface area contributed by atoms with E-state index in [4.69, 9.17) is 11.5 Å². The van der Waals surface area contributed by atoms with Gasteiger partial charge in [0.25, 0.3) is 0 Å². The van der Waals surface area contributed by atoms with E-state index < -0.39 is 0 Å². The number of hydrogen-bond acceptors (Lipinski definition) is 4. The molecule has 2 unspecified atom stereocenters. The summed E-state index contributed by atoms with van der Waals surface area (Å²) < 4.78 is 0. The van der Waals surface area contributed by atoms with Gasteiger partial charge in [0.15, 0.2) is 0 Å². The quantitative estimate of drug-likeness (QED) is 0.460. The Morgan fingerprint density at radius 1 is 1.15 bits per heavy atom. The number of anilines is 1. The number of nitrogens with two attached hydrogens (primary N) is 2. The Hall–Kier alpha value is -1.10. The molecule has 0 radical (unpaired) electrons. The normalized spacial score (nSPS) is 27.8. The predicted molar refractivity (Wildman–Crippen MR) is 52.5 cm³/mol. The van der Waals surface area contributed by atoms with E-state index in [1.165, 1.54) is 5.56 Å². The van der Waals surface area contributed by atoms with Crippen LogP contribution in [0.5, 0.6) is 0 Å². The lowest BCUT2D eigenvalue weighted by Gasteiger charge is -2.09. The van der Waals surface area contributed by atoms with Crippen LogP contribution < -0.4 is 22.3 Å². The Morgan fingerprint density at radius 2 is 1.85 bits per heavy atom. The highest BCUT2D eigenvalue weighted by Crippen LogP contribution is 2.20. The topological polar surface area (TPSA) is 76.1 Å². The number of rotatable bonds is 1. The van der Waals surface area contributed by atoms with Crippen LogP contribution in [0.15, 0.2) is 24.3 Å². The third-order valence-corrected chi connectivity index (χ3v) is 2.27. The van der Waals surface area contributed by atoms with Crippen LogP contribution in [0.25, 0.3) is 0 Å². The SMILES string of the molecule is Nc1ccc(C2CC(N)NN2)cc1. The van der Waals surface area contributed by atoms with E-state index in [1.807, 2.05) is 24.3 Å². The van der Waals surface area contributed by atoms with Crippen molar-refractivity contribution in [2.75, 3.05) is 5.73 Å². The smallest absolute Gasteiger partial charge is 0.0698 e. The molecule has 2 rings (SSSR count). The van der Waals surface area contributed by atoms with E-state index in [2.05, 4.69) is 10.9 Å². The second kappa shape index (κ2) is 3.33. The Balaban J connectivity index is 2.13. The first-order valence-corrected chi connectivity index (χ1v) is 4.38. The van der Waals surface area contributed by atoms with E-state index in [0.29, 0.717) is 6.04 Å². The minimum absolute atomic E-state index is 0.0440. The third-order valence-electron chi connectivity index (χ3n) is 2.27. The van der Waals surface area contributed by atoms with Crippen molar-refractivity contribution in [3.63, 3.8) is 0 Å². The molecule has 0 saturated carbocycles. The number of hydrazine groups is 1. The van der Waals surface area contributed by atoms with Crippen LogP contribution in [0.2, 0.25) is 0 Å². The number of benzene rings is 1. The predicted octanol–water partition coefficient (Wildman–Crippen LogP) is 0.0926. The second-order valence-corrected chi connectivity index (χ2v) is 3.35. The van der Waals surface area contributed by atoms with Gasteiger partial charge in [-0.25, -0.2) is 10.9 Å². The molecular formula is C9H14N4. The van der Waals surface area contributed by atoms with E-state index in [1.54, 1.807) is 0 Å². The second-order valence-electron chi connectivity index (χ2n) is 3.35. The van der Waals surface area contributed by atoms with Gasteiger partial charge in [-0.3, -0.25) is 0 Å². The van der Waals surface area contributed by atoms with Gasteiger partial charge in [0.1, 0.15) is 0 Å². The summed E-state index contributed by atoms with van der Waals surface area (Å²) in [5.74, 6) is 0. The monoisotopic (exact) mass is 178 g/mol. The fourth-order valence-corrected chi connectivity index (χ4v) is 1.53. The molecule has 0 aromatic heterocycles. The molecule has 1 aromatic rings. The lowest BCUT2D eigenvalue weighted by Crippen LogP contribution is -2.36. The molecule has 1 aliphatic rings. The van der Waals surface area contributed by atoms with E-state index >= 15 is 0 Å². The van der Waals surface area contributed by atoms with E-state index in [-0.39, 0.29) is 6.17 Å². The van der Waals surface area contributed by atoms with Crippen molar-refractivity contribution in [1.29, 1.82) is 0 Å². The maximum atomic E-state index is 5.69. The van der Waals surface area contributed by atoms with Crippen LogP contribution in [0.4, 0.5) is 5.69 Å². The van der Waals surface area contributed by atoms with Crippen molar-refractivity contribution in [1.82, 2.24) is 10.9 Å². The Bertz CT molecular complexity index is 282. The molecule has 1 aliphatic heterocycles. The zero-order valence-electron chi connectivity index (χ0n) is 7.33. The maximum Gasteiger partial charge on any atom is 0.0698 e. The average molecular weight is 178 g/mol. The first-order chi connectivity index (χ1) is 6.25. The average Bonchev–Trinajstić information content (AvgIpc) is 2.53. The largest absolute Gasteiger partial charge is 0.399 e. The molecule has 4 heteroatoms. The molecule has 1 aromatic carbocycles. The summed E-state index contributed by atoms with van der Waals surface area (Å²) in [5.41, 5.74) is 19.4. The van der Waals surface area contributed by atoms with Gasteiger partial charge in [-0.15, -0.1) is 0 Å². The fraction of sp³-hybridized carbons (Fsp3) is 0.333. The Kier molecular flexibility index (Phi) is 2.18. The van der Waals surface area contributed by atoms with E-state index in [0.717, 1.165) is 12.1 Å². The lowest BCUT2D eigenvalue weighted by molar-refractivity contribution is 0.552. The number of hydrogen-bond donors (Lipinski definition) is 4. The molecule has 2 atom stereocenters. The van der Waals surface area contributed by atoms with Gasteiger partial charge >= 0.3 is 0 Å². The van der Waals surface area contributed by atoms with Crippen LogP contribution in [0.1, 0.15) is 18.0 Å². The first-order valence-electron chi connectivity index (χ1n) is 4.38. The van der Waals surface area contributed by atoms with Gasteiger partial charge in [0.2, 0.25) is 0 Å². The molecule has 6 N–H and O–H groups in total. The molecule has 0 spiro atoms. The molecule has 0 aliphatic carbocycles. The van der Waals surface area contributed by atoms with Gasteiger partial charge < -0.3 is 11.5 Å². The zero-order valence-corrected chi connectivity index (χ0v) is 7.33. The molecular weight excluding hydrogens is 164 g/mol. The fourth-order valence-electron chi connectivity index (χ4n) is 1.53. The molecule has 1 fully saturated rings. The minimum atomic E-state index is 0.0440. The van der Waals surface area contributed by atoms with Crippen molar-refractivity contribution >= 4 is 5.69 Å². The van der Waals surface area contributed by atoms with Crippen molar-refractivity contribution in [2.45, 2.75) is 18.6 Å². The number of nitrogens with one attached hydrogen (secondary N) is 2. The van der Waals surface area contributed by atoms with Gasteiger partial charge in [-0.05, 0) is 24.1 Å². The maximum absolute atomic E-state index is 5.69. The zero-order chi connectivity index (χ0) is 9.26. The Morgan fingerprint density at radius 3 is 2.38 bits per heavy atom. The standard InChI is InChI=1S/C9H14N4/c10-7-3-1-6(2-4-7)8-5-9(11)13-12-8/h1-4,8-9,12-13H,5,10-11H2. The Labute approximate surface area is 77.3 Å². The lowest BCUT2D eigenvalue weighted by atomic mass is 10.0. The minimum Gasteiger partial charge on any atom is -0.399 e. The van der Waals surface area contributed by atoms with Crippen molar-refractivity contribution < 1.29 is 0 Å². The summed E-state index contributed by atoms with van der Waals surface area (Å²) in [7, 11) is 0. The van der Waals surface area contributed by atoms with Crippen molar-refractivity contribution in [3.8, 4) is 0 Å². The summed E-state index contributed by atoms with van der Waals surface area (Å²) in [6.07, 6.45) is 0.951. The molecule has 0 bridgehead atoms. The molecule has 1 saturated heterocycles. The van der Waals surface area contributed by atoms with Gasteiger partial charge in [0, 0.05) is 11.7 Å². The molecule has 1 heterocycles. The first kappa shape index (κ1) is 8.50. The third kappa shape index (κ3) is 1.80. The van der Waals surface area contributed by atoms with Gasteiger partial charge in [-0.2, -0.15) is 0 Å². The van der Waals surface area contributed by atoms with Crippen LogP contribution in [-0.4, -0.2) is 6.17 Å². The molecule has 70 valence electrons. The van der Waals surface area contributed by atoms with Gasteiger partial charge in [0.05, 0.1) is 6.17 Å². The van der Waals surface area contributed by atoms with Crippen molar-refractivity contribution in [3.05, 3.63) is 29.8 Å². The van der Waals surface area contributed by atoms with Crippen LogP contribution >= 0.6 is 0 Å². The number of nitrogen functional groups attached to an aromatic ring is 1. The highest BCUT2D eigenvalue weighted by atomic mass is 15.4. The summed E-state index contributed by atoms with van der Waals surface area (Å²) >= 11 is 0. The van der Waals surface area contributed by atoms with Crippen LogP contribution in [0, 0.1) is 0 Å².